The van der Waals surface area contributed by atoms with Crippen LogP contribution >= 0.6 is 0 Å². The number of hydrogen-bond acceptors (Lipinski definition) is 3. The van der Waals surface area contributed by atoms with Gasteiger partial charge in [0.15, 0.2) is 0 Å². The monoisotopic (exact) mass is 353 g/mol. The molecule has 1 aromatic carbocycles. The number of halogens is 1. The standard InChI is InChI=1S/C20H20FN3O2/c21-16-3-1-15(2-4-16)19(26)24-11-7-20(8-12-24)17(13-18(25)23-20)14-5-9-22-10-6-14/h1-6,9-10,17H,7-8,11-13H2,(H,23,25)/t17-/m0/s1. The molecule has 0 unspecified atom stereocenters. The van der Waals surface area contributed by atoms with Crippen LogP contribution in [-0.2, 0) is 4.79 Å². The van der Waals surface area contributed by atoms with E-state index in [1.807, 2.05) is 12.1 Å². The Balaban J connectivity index is 1.50. The van der Waals surface area contributed by atoms with Gasteiger partial charge in [-0.1, -0.05) is 0 Å². The van der Waals surface area contributed by atoms with E-state index < -0.39 is 0 Å². The molecule has 4 rings (SSSR count). The van der Waals surface area contributed by atoms with E-state index in [9.17, 15) is 14.0 Å². The third-order valence-corrected chi connectivity index (χ3v) is 5.59. The van der Waals surface area contributed by atoms with Gasteiger partial charge >= 0.3 is 0 Å². The lowest BCUT2D eigenvalue weighted by molar-refractivity contribution is -0.120. The summed E-state index contributed by atoms with van der Waals surface area (Å²) in [6, 6.07) is 9.55. The molecule has 2 saturated heterocycles. The van der Waals surface area contributed by atoms with Gasteiger partial charge in [0.1, 0.15) is 5.82 Å². The molecule has 5 nitrogen and oxygen atoms in total. The van der Waals surface area contributed by atoms with Crippen LogP contribution in [0.5, 0.6) is 0 Å². The van der Waals surface area contributed by atoms with Gasteiger partial charge in [-0.15, -0.1) is 0 Å². The Morgan fingerprint density at radius 2 is 1.77 bits per heavy atom. The fourth-order valence-corrected chi connectivity index (χ4v) is 4.19. The van der Waals surface area contributed by atoms with Crippen LogP contribution in [0.2, 0.25) is 0 Å². The van der Waals surface area contributed by atoms with Crippen molar-refractivity contribution in [3.63, 3.8) is 0 Å². The summed E-state index contributed by atoms with van der Waals surface area (Å²) in [6.07, 6.45) is 5.38. The maximum absolute atomic E-state index is 13.1. The van der Waals surface area contributed by atoms with Crippen molar-refractivity contribution in [3.05, 3.63) is 65.7 Å². The number of aromatic nitrogens is 1. The van der Waals surface area contributed by atoms with Crippen LogP contribution in [0.4, 0.5) is 4.39 Å². The van der Waals surface area contributed by atoms with Gasteiger partial charge in [0.2, 0.25) is 5.91 Å². The molecule has 3 heterocycles. The Hall–Kier alpha value is -2.76. The van der Waals surface area contributed by atoms with Crippen molar-refractivity contribution in [1.29, 1.82) is 0 Å². The second-order valence-electron chi connectivity index (χ2n) is 7.04. The summed E-state index contributed by atoms with van der Waals surface area (Å²) in [5, 5.41) is 3.18. The molecular formula is C20H20FN3O2. The van der Waals surface area contributed by atoms with E-state index in [-0.39, 0.29) is 29.1 Å². The normalized spacial score (nSPS) is 21.7. The summed E-state index contributed by atoms with van der Waals surface area (Å²) in [4.78, 5) is 30.6. The van der Waals surface area contributed by atoms with E-state index in [0.717, 1.165) is 5.56 Å². The lowest BCUT2D eigenvalue weighted by atomic mass is 9.74. The molecule has 0 radical (unpaired) electrons. The first-order valence-corrected chi connectivity index (χ1v) is 8.83. The number of carbonyl (C=O) groups is 2. The van der Waals surface area contributed by atoms with Gasteiger partial charge in [-0.05, 0) is 54.8 Å². The number of rotatable bonds is 2. The second-order valence-corrected chi connectivity index (χ2v) is 7.04. The topological polar surface area (TPSA) is 62.3 Å². The first-order chi connectivity index (χ1) is 12.6. The highest BCUT2D eigenvalue weighted by molar-refractivity contribution is 5.94. The molecule has 2 aliphatic rings. The predicted molar refractivity (Wildman–Crippen MR) is 94.0 cm³/mol. The van der Waals surface area contributed by atoms with E-state index >= 15 is 0 Å². The fourth-order valence-electron chi connectivity index (χ4n) is 4.19. The number of piperidine rings is 1. The largest absolute Gasteiger partial charge is 0.350 e. The quantitative estimate of drug-likeness (QED) is 0.902. The van der Waals surface area contributed by atoms with Crippen LogP contribution < -0.4 is 5.32 Å². The molecule has 0 aliphatic carbocycles. The molecule has 0 saturated carbocycles. The Morgan fingerprint density at radius 1 is 1.12 bits per heavy atom. The van der Waals surface area contributed by atoms with Gasteiger partial charge in [0.25, 0.3) is 5.91 Å². The summed E-state index contributed by atoms with van der Waals surface area (Å²) in [5.41, 5.74) is 1.29. The summed E-state index contributed by atoms with van der Waals surface area (Å²) in [7, 11) is 0. The minimum Gasteiger partial charge on any atom is -0.350 e. The van der Waals surface area contributed by atoms with Crippen LogP contribution in [0.25, 0.3) is 0 Å². The number of likely N-dealkylation sites (tertiary alicyclic amines) is 1. The van der Waals surface area contributed by atoms with Gasteiger partial charge < -0.3 is 10.2 Å². The van der Waals surface area contributed by atoms with Crippen molar-refractivity contribution in [2.75, 3.05) is 13.1 Å². The number of carbonyl (C=O) groups excluding carboxylic acids is 2. The summed E-state index contributed by atoms with van der Waals surface area (Å²) < 4.78 is 13.1. The summed E-state index contributed by atoms with van der Waals surface area (Å²) in [6.45, 7) is 1.14. The van der Waals surface area contributed by atoms with E-state index in [1.54, 1.807) is 17.3 Å². The molecule has 2 fully saturated rings. The number of pyridine rings is 1. The molecule has 0 bridgehead atoms. The number of amides is 2. The molecule has 1 aromatic heterocycles. The first-order valence-electron chi connectivity index (χ1n) is 8.83. The molecule has 6 heteroatoms. The van der Waals surface area contributed by atoms with Gasteiger partial charge in [-0.2, -0.15) is 0 Å². The van der Waals surface area contributed by atoms with Crippen LogP contribution in [-0.4, -0.2) is 40.3 Å². The molecule has 2 amide bonds. The van der Waals surface area contributed by atoms with Crippen molar-refractivity contribution in [2.24, 2.45) is 0 Å². The molecule has 1 spiro atoms. The number of nitrogens with zero attached hydrogens (tertiary/aromatic N) is 2. The molecular weight excluding hydrogens is 333 g/mol. The van der Waals surface area contributed by atoms with E-state index in [1.165, 1.54) is 24.3 Å². The second kappa shape index (κ2) is 6.52. The highest BCUT2D eigenvalue weighted by atomic mass is 19.1. The lowest BCUT2D eigenvalue weighted by Crippen LogP contribution is -2.54. The number of hydrogen-bond donors (Lipinski definition) is 1. The number of benzene rings is 1. The van der Waals surface area contributed by atoms with E-state index in [2.05, 4.69) is 10.3 Å². The molecule has 2 aliphatic heterocycles. The smallest absolute Gasteiger partial charge is 0.253 e. The van der Waals surface area contributed by atoms with Crippen LogP contribution in [0.15, 0.2) is 48.8 Å². The van der Waals surface area contributed by atoms with Gasteiger partial charge in [0, 0.05) is 43.4 Å². The van der Waals surface area contributed by atoms with Gasteiger partial charge in [-0.3, -0.25) is 14.6 Å². The third kappa shape index (κ3) is 2.96. The maximum atomic E-state index is 13.1. The van der Waals surface area contributed by atoms with Crippen molar-refractivity contribution in [1.82, 2.24) is 15.2 Å². The summed E-state index contributed by atoms with van der Waals surface area (Å²) >= 11 is 0. The summed E-state index contributed by atoms with van der Waals surface area (Å²) in [5.74, 6) is -0.288. The Morgan fingerprint density at radius 3 is 2.42 bits per heavy atom. The predicted octanol–water partition coefficient (Wildman–Crippen LogP) is 2.50. The molecule has 26 heavy (non-hydrogen) atoms. The molecule has 1 N–H and O–H groups in total. The van der Waals surface area contributed by atoms with Gasteiger partial charge in [-0.25, -0.2) is 4.39 Å². The van der Waals surface area contributed by atoms with Crippen LogP contribution in [0, 0.1) is 5.82 Å². The van der Waals surface area contributed by atoms with Crippen LogP contribution in [0.1, 0.15) is 41.1 Å². The van der Waals surface area contributed by atoms with Crippen LogP contribution in [0.3, 0.4) is 0 Å². The fraction of sp³-hybridized carbons (Fsp3) is 0.350. The first kappa shape index (κ1) is 16.7. The van der Waals surface area contributed by atoms with Crippen molar-refractivity contribution < 1.29 is 14.0 Å². The lowest BCUT2D eigenvalue weighted by Gasteiger charge is -2.43. The Kier molecular flexibility index (Phi) is 4.18. The highest BCUT2D eigenvalue weighted by Crippen LogP contribution is 2.43. The van der Waals surface area contributed by atoms with Gasteiger partial charge in [0.05, 0.1) is 5.54 Å². The zero-order valence-corrected chi connectivity index (χ0v) is 14.3. The van der Waals surface area contributed by atoms with Crippen molar-refractivity contribution in [2.45, 2.75) is 30.7 Å². The zero-order valence-electron chi connectivity index (χ0n) is 14.3. The maximum Gasteiger partial charge on any atom is 0.253 e. The SMILES string of the molecule is O=C1C[C@@H](c2ccncc2)C2(CCN(C(=O)c3ccc(F)cc3)CC2)N1. The minimum absolute atomic E-state index is 0.0603. The Labute approximate surface area is 151 Å². The number of nitrogens with one attached hydrogen (secondary N) is 1. The average molecular weight is 353 g/mol. The average Bonchev–Trinajstić information content (AvgIpc) is 2.99. The third-order valence-electron chi connectivity index (χ3n) is 5.59. The zero-order chi connectivity index (χ0) is 18.1. The van der Waals surface area contributed by atoms with E-state index in [0.29, 0.717) is 37.9 Å². The van der Waals surface area contributed by atoms with E-state index in [4.69, 9.17) is 0 Å². The van der Waals surface area contributed by atoms with Crippen molar-refractivity contribution >= 4 is 11.8 Å². The molecule has 1 atom stereocenters. The Bertz CT molecular complexity index is 815. The minimum atomic E-state index is -0.354. The van der Waals surface area contributed by atoms with Crippen molar-refractivity contribution in [3.8, 4) is 0 Å². The molecule has 2 aromatic rings. The molecule has 134 valence electrons. The highest BCUT2D eigenvalue weighted by Gasteiger charge is 2.49.